The number of thiazole rings is 1. The summed E-state index contributed by atoms with van der Waals surface area (Å²) in [5.74, 6) is 0.108. The highest BCUT2D eigenvalue weighted by molar-refractivity contribution is 7.16. The van der Waals surface area contributed by atoms with Gasteiger partial charge >= 0.3 is 11.9 Å². The van der Waals surface area contributed by atoms with E-state index >= 15 is 0 Å². The van der Waals surface area contributed by atoms with Crippen LogP contribution in [0.2, 0.25) is 0 Å². The zero-order chi connectivity index (χ0) is 36.2. The van der Waals surface area contributed by atoms with Crippen LogP contribution in [-0.2, 0) is 4.79 Å². The average Bonchev–Trinajstić information content (AvgIpc) is 3.62. The van der Waals surface area contributed by atoms with E-state index in [0.717, 1.165) is 56.1 Å². The zero-order valence-electron chi connectivity index (χ0n) is 30.8. The smallest absolute Gasteiger partial charge is 0.355 e. The molecule has 2 aromatic rings. The molecule has 0 saturated heterocycles. The first-order valence-corrected chi connectivity index (χ1v) is 19.5. The molecule has 7 nitrogen and oxygen atoms in total. The third kappa shape index (κ3) is 4.71. The van der Waals surface area contributed by atoms with Crippen molar-refractivity contribution in [3.8, 4) is 0 Å². The maximum atomic E-state index is 14.6. The lowest BCUT2D eigenvalue weighted by Crippen LogP contribution is -2.65. The van der Waals surface area contributed by atoms with Gasteiger partial charge in [0.25, 0.3) is 0 Å². The number of carboxylic acids is 2. The molecule has 50 heavy (non-hydrogen) atoms. The molecule has 4 saturated carbocycles. The number of hydrogen-bond donors (Lipinski definition) is 3. The van der Waals surface area contributed by atoms with Gasteiger partial charge in [0, 0.05) is 4.88 Å². The summed E-state index contributed by atoms with van der Waals surface area (Å²) in [6, 6.07) is 7.45. The average molecular weight is 699 g/mol. The lowest BCUT2D eigenvalue weighted by Gasteiger charge is -2.72. The van der Waals surface area contributed by atoms with Gasteiger partial charge in [-0.1, -0.05) is 65.0 Å². The van der Waals surface area contributed by atoms with E-state index < -0.39 is 17.4 Å². The molecule has 5 aliphatic rings. The predicted octanol–water partition coefficient (Wildman–Crippen LogP) is 10.1. The summed E-state index contributed by atoms with van der Waals surface area (Å²) >= 11 is 1.23. The normalized spacial score (nSPS) is 38.5. The molecule has 1 heterocycles. The van der Waals surface area contributed by atoms with Crippen molar-refractivity contribution >= 4 is 39.9 Å². The van der Waals surface area contributed by atoms with Crippen molar-refractivity contribution in [1.29, 1.82) is 0 Å². The Balaban J connectivity index is 1.21. The van der Waals surface area contributed by atoms with E-state index in [2.05, 4.69) is 57.6 Å². The van der Waals surface area contributed by atoms with Gasteiger partial charge in [-0.25, -0.2) is 14.6 Å². The number of aryl methyl sites for hydroxylation is 1. The molecular formula is C42H54N2O5S. The van der Waals surface area contributed by atoms with Crippen LogP contribution in [0.1, 0.15) is 131 Å². The fourth-order valence-electron chi connectivity index (χ4n) is 13.4. The van der Waals surface area contributed by atoms with Crippen molar-refractivity contribution in [3.05, 3.63) is 64.2 Å². The Morgan fingerprint density at radius 2 is 1.54 bits per heavy atom. The van der Waals surface area contributed by atoms with Gasteiger partial charge in [0.05, 0.1) is 11.0 Å². The van der Waals surface area contributed by atoms with Gasteiger partial charge in [-0.3, -0.25) is 4.79 Å². The third-order valence-corrected chi connectivity index (χ3v) is 16.7. The largest absolute Gasteiger partial charge is 0.478 e. The van der Waals surface area contributed by atoms with Crippen LogP contribution >= 0.6 is 11.3 Å². The molecule has 5 aliphatic carbocycles. The molecular weight excluding hydrogens is 645 g/mol. The van der Waals surface area contributed by atoms with E-state index in [4.69, 9.17) is 0 Å². The Morgan fingerprint density at radius 1 is 0.880 bits per heavy atom. The SMILES string of the molecule is C=C(C)[C@@]1(C(=O)Nc2nc(C(=O)O)c(C)s2)CC[C@@H]2CC[C@]3(C)[C@H](CC[C@@H]4[C@@]5(C)CC=C(c6ccc(C(=O)O)cc6)C(C)(C)[C@@H]5CC[C@]43C)[C@@H]21. The van der Waals surface area contributed by atoms with E-state index in [1.807, 2.05) is 19.1 Å². The van der Waals surface area contributed by atoms with Gasteiger partial charge < -0.3 is 15.5 Å². The van der Waals surface area contributed by atoms with Gasteiger partial charge in [-0.05, 0) is 146 Å². The fourth-order valence-corrected chi connectivity index (χ4v) is 14.2. The number of rotatable bonds is 6. The summed E-state index contributed by atoms with van der Waals surface area (Å²) in [6.07, 6.45) is 12.2. The van der Waals surface area contributed by atoms with E-state index in [9.17, 15) is 24.6 Å². The molecule has 1 aromatic carbocycles. The minimum atomic E-state index is -1.08. The Labute approximate surface area is 301 Å². The lowest BCUT2D eigenvalue weighted by atomic mass is 9.33. The summed E-state index contributed by atoms with van der Waals surface area (Å²) in [5.41, 5.74) is 3.30. The van der Waals surface area contributed by atoms with Crippen LogP contribution in [0.3, 0.4) is 0 Å². The van der Waals surface area contributed by atoms with E-state index in [1.165, 1.54) is 29.8 Å². The van der Waals surface area contributed by atoms with Gasteiger partial charge in [0.1, 0.15) is 0 Å². The molecule has 8 heteroatoms. The maximum Gasteiger partial charge on any atom is 0.355 e. The number of hydrogen-bond acceptors (Lipinski definition) is 5. The number of anilines is 1. The lowest BCUT2D eigenvalue weighted by molar-refractivity contribution is -0.219. The second-order valence-electron chi connectivity index (χ2n) is 17.9. The van der Waals surface area contributed by atoms with Gasteiger partial charge in [-0.2, -0.15) is 0 Å². The van der Waals surface area contributed by atoms with Gasteiger partial charge in [0.15, 0.2) is 10.8 Å². The van der Waals surface area contributed by atoms with E-state index in [0.29, 0.717) is 39.2 Å². The van der Waals surface area contributed by atoms with Crippen LogP contribution in [0.4, 0.5) is 5.13 Å². The van der Waals surface area contributed by atoms with Crippen molar-refractivity contribution in [2.24, 2.45) is 56.7 Å². The Bertz CT molecular complexity index is 1810. The van der Waals surface area contributed by atoms with Crippen LogP contribution in [0, 0.1) is 63.6 Å². The minimum absolute atomic E-state index is 0.00325. The number of allylic oxidation sites excluding steroid dienone is 2. The second kappa shape index (κ2) is 11.6. The van der Waals surface area contributed by atoms with Crippen LogP contribution in [0.25, 0.3) is 5.57 Å². The first-order chi connectivity index (χ1) is 23.4. The highest BCUT2D eigenvalue weighted by Crippen LogP contribution is 2.77. The number of carbonyl (C=O) groups excluding carboxylic acids is 1. The standard InChI is InChI=1S/C42H54N2O5S/c1-23(2)42(36(49)44-37-43-33(35(47)48)24(3)50-37)22-16-26-15-20-40(7)29(32(26)42)13-14-31-39(6)19-17-28(25-9-11-27(12-10-25)34(45)46)38(4,5)30(39)18-21-41(31,40)8/h9-12,17,26,29-32H,1,13-16,18-22H2,2-8H3,(H,45,46)(H,47,48)(H,43,44,49)/t26-,29+,30-,31+,32+,39-,40+,41+,42-/m0/s1. The van der Waals surface area contributed by atoms with Crippen molar-refractivity contribution < 1.29 is 24.6 Å². The van der Waals surface area contributed by atoms with Crippen molar-refractivity contribution in [2.45, 2.75) is 106 Å². The summed E-state index contributed by atoms with van der Waals surface area (Å²) in [7, 11) is 0. The first-order valence-electron chi connectivity index (χ1n) is 18.6. The summed E-state index contributed by atoms with van der Waals surface area (Å²) < 4.78 is 0. The molecule has 3 N–H and O–H groups in total. The quantitative estimate of drug-likeness (QED) is 0.259. The molecule has 4 fully saturated rings. The number of fused-ring (bicyclic) bond motifs is 7. The molecule has 7 rings (SSSR count). The molecule has 0 aliphatic heterocycles. The molecule has 1 aromatic heterocycles. The second-order valence-corrected chi connectivity index (χ2v) is 19.1. The first kappa shape index (κ1) is 35.2. The number of carbonyl (C=O) groups is 3. The van der Waals surface area contributed by atoms with Gasteiger partial charge in [0.2, 0.25) is 5.91 Å². The van der Waals surface area contributed by atoms with Crippen LogP contribution in [0.15, 0.2) is 42.5 Å². The van der Waals surface area contributed by atoms with Gasteiger partial charge in [-0.15, -0.1) is 11.3 Å². The summed E-state index contributed by atoms with van der Waals surface area (Å²) in [5, 5.41) is 22.6. The Morgan fingerprint density at radius 3 is 2.16 bits per heavy atom. The zero-order valence-corrected chi connectivity index (χ0v) is 31.6. The van der Waals surface area contributed by atoms with Crippen LogP contribution in [0.5, 0.6) is 0 Å². The highest BCUT2D eigenvalue weighted by Gasteiger charge is 2.71. The number of carboxylic acid groups (broad SMARTS) is 2. The monoisotopic (exact) mass is 698 g/mol. The Kier molecular flexibility index (Phi) is 8.17. The molecule has 0 bridgehead atoms. The van der Waals surface area contributed by atoms with E-state index in [-0.39, 0.29) is 39.2 Å². The molecule has 1 amide bonds. The molecule has 0 unspecified atom stereocenters. The number of nitrogens with one attached hydrogen (secondary N) is 1. The number of benzene rings is 1. The topological polar surface area (TPSA) is 117 Å². The number of nitrogens with zero attached hydrogens (tertiary/aromatic N) is 1. The summed E-state index contributed by atoms with van der Waals surface area (Å²) in [6.45, 7) is 20.8. The molecule has 9 atom stereocenters. The highest BCUT2D eigenvalue weighted by atomic mass is 32.1. The fraction of sp³-hybridized carbons (Fsp3) is 0.619. The third-order valence-electron chi connectivity index (χ3n) is 15.8. The molecule has 0 radical (unpaired) electrons. The molecule has 0 spiro atoms. The predicted molar refractivity (Wildman–Crippen MR) is 198 cm³/mol. The number of aromatic carboxylic acids is 2. The Hall–Kier alpha value is -3.26. The number of aromatic nitrogens is 1. The summed E-state index contributed by atoms with van der Waals surface area (Å²) in [4.78, 5) is 42.7. The van der Waals surface area contributed by atoms with E-state index in [1.54, 1.807) is 19.1 Å². The van der Waals surface area contributed by atoms with Crippen molar-refractivity contribution in [3.63, 3.8) is 0 Å². The van der Waals surface area contributed by atoms with Crippen molar-refractivity contribution in [1.82, 2.24) is 4.98 Å². The minimum Gasteiger partial charge on any atom is -0.478 e. The van der Waals surface area contributed by atoms with Crippen LogP contribution < -0.4 is 5.32 Å². The van der Waals surface area contributed by atoms with Crippen LogP contribution in [-0.4, -0.2) is 33.0 Å². The van der Waals surface area contributed by atoms with Crippen molar-refractivity contribution in [2.75, 3.05) is 5.32 Å². The maximum absolute atomic E-state index is 14.6. The molecule has 268 valence electrons. The number of amides is 1.